The lowest BCUT2D eigenvalue weighted by Gasteiger charge is -2.32. The van der Waals surface area contributed by atoms with E-state index in [0.717, 1.165) is 4.47 Å². The van der Waals surface area contributed by atoms with Gasteiger partial charge in [-0.25, -0.2) is 26.3 Å². The van der Waals surface area contributed by atoms with E-state index in [2.05, 4.69) is 40.8 Å². The molecule has 0 aliphatic carbocycles. The summed E-state index contributed by atoms with van der Waals surface area (Å²) in [5.41, 5.74) is -5.27. The minimum absolute atomic E-state index is 0.208. The maximum atomic E-state index is 12.5. The molecule has 0 unspecified atom stereocenters. The van der Waals surface area contributed by atoms with E-state index in [1.165, 1.54) is 0 Å². The third-order valence-electron chi connectivity index (χ3n) is 8.68. The maximum absolute atomic E-state index is 12.5. The molecule has 0 bridgehead atoms. The van der Waals surface area contributed by atoms with E-state index in [0.29, 0.717) is 5.46 Å². The van der Waals surface area contributed by atoms with Crippen LogP contribution in [0.2, 0.25) is 0 Å². The second-order valence-electron chi connectivity index (χ2n) is 18.6. The van der Waals surface area contributed by atoms with Gasteiger partial charge in [0.1, 0.15) is 0 Å². The molecule has 0 spiro atoms. The van der Waals surface area contributed by atoms with Crippen molar-refractivity contribution in [1.29, 1.82) is 0 Å². The van der Waals surface area contributed by atoms with Crippen molar-refractivity contribution >= 4 is 64.0 Å². The van der Waals surface area contributed by atoms with Gasteiger partial charge in [0, 0.05) is 31.0 Å². The molecule has 0 saturated carbocycles. The van der Waals surface area contributed by atoms with E-state index >= 15 is 0 Å². The number of aliphatic hydroxyl groups is 4. The van der Waals surface area contributed by atoms with E-state index in [1.54, 1.807) is 97.9 Å². The van der Waals surface area contributed by atoms with Gasteiger partial charge in [-0.3, -0.25) is 0 Å². The second-order valence-corrected chi connectivity index (χ2v) is 22.8. The van der Waals surface area contributed by atoms with Crippen LogP contribution in [0.25, 0.3) is 0 Å². The highest BCUT2D eigenvalue weighted by atomic mass is 79.9. The van der Waals surface area contributed by atoms with Crippen molar-refractivity contribution in [2.24, 2.45) is 0 Å². The van der Waals surface area contributed by atoms with Gasteiger partial charge in [0.15, 0.2) is 0 Å². The predicted octanol–water partition coefficient (Wildman–Crippen LogP) is 4.88. The normalized spacial score (nSPS) is 16.1. The number of rotatable bonds is 7. The molecule has 2 aromatic rings. The molecule has 56 heavy (non-hydrogen) atoms. The van der Waals surface area contributed by atoms with Gasteiger partial charge in [0.05, 0.1) is 43.4 Å². The molecule has 3 rings (SSSR count). The molecule has 1 aliphatic heterocycles. The van der Waals surface area contributed by atoms with Crippen molar-refractivity contribution in [3.8, 4) is 0 Å². The number of halogens is 1. The molecular weight excluding hydrogens is 821 g/mol. The fourth-order valence-corrected chi connectivity index (χ4v) is 6.85. The van der Waals surface area contributed by atoms with Crippen LogP contribution in [0.5, 0.6) is 0 Å². The Kier molecular flexibility index (Phi) is 20.6. The molecule has 12 nitrogen and oxygen atoms in total. The molecule has 4 radical (unpaired) electrons. The van der Waals surface area contributed by atoms with Crippen molar-refractivity contribution in [2.45, 2.75) is 179 Å². The summed E-state index contributed by atoms with van der Waals surface area (Å²) in [5, 5.41) is 36.4. The van der Waals surface area contributed by atoms with E-state index in [4.69, 9.17) is 29.7 Å². The third kappa shape index (κ3) is 20.1. The third-order valence-corrected chi connectivity index (χ3v) is 12.7. The molecule has 18 heteroatoms. The Morgan fingerprint density at radius 3 is 1.12 bits per heavy atom. The first-order valence-electron chi connectivity index (χ1n) is 18.0. The number of hydrogen-bond donors (Lipinski definition) is 6. The van der Waals surface area contributed by atoms with E-state index in [1.807, 2.05) is 75.3 Å². The molecule has 2 aromatic carbocycles. The van der Waals surface area contributed by atoms with Crippen LogP contribution in [-0.4, -0.2) is 105 Å². The van der Waals surface area contributed by atoms with Crippen LogP contribution in [-0.2, 0) is 29.4 Å². The van der Waals surface area contributed by atoms with Gasteiger partial charge in [-0.1, -0.05) is 34.1 Å². The average molecular weight is 889 g/mol. The Hall–Kier alpha value is -1.31. The Labute approximate surface area is 350 Å². The van der Waals surface area contributed by atoms with Crippen LogP contribution in [0.15, 0.2) is 62.8 Å². The summed E-state index contributed by atoms with van der Waals surface area (Å²) in [4.78, 5) is 0.478. The summed E-state index contributed by atoms with van der Waals surface area (Å²) in [6.45, 7) is 31.3. The molecule has 1 fully saturated rings. The fraction of sp³-hybridized carbons (Fsp3) is 0.684. The summed E-state index contributed by atoms with van der Waals surface area (Å²) in [6, 6.07) is 13.3. The highest BCUT2D eigenvalue weighted by Gasteiger charge is 2.51. The number of benzene rings is 2. The standard InChI is InChI=1S/C16H26BNO4S.C10H14BrNO2S.2C6H14O2.B2/c1-14(2,3)18-23(19,20)13-10-8-9-12(11-13)17-21-15(4,5)16(6,7)22-17;1-10(2,3)12-15(13,14)9-6-4-5-8(11)7-9;2*1-5(2,7)6(3,4)8;1-2/h8-11,18H,1-7H3;4-7,12H,1-3H3;2*7-8H,1-4H3;. The van der Waals surface area contributed by atoms with E-state index in [-0.39, 0.29) is 9.79 Å². The highest BCUT2D eigenvalue weighted by molar-refractivity contribution is 9.10. The molecule has 1 heterocycles. The van der Waals surface area contributed by atoms with Crippen LogP contribution in [0, 0.1) is 0 Å². The van der Waals surface area contributed by atoms with Crippen molar-refractivity contribution < 1.29 is 46.6 Å². The van der Waals surface area contributed by atoms with Crippen LogP contribution >= 0.6 is 15.9 Å². The van der Waals surface area contributed by atoms with E-state index < -0.39 is 71.8 Å². The first-order chi connectivity index (χ1) is 24.4. The van der Waals surface area contributed by atoms with Crippen LogP contribution in [0.1, 0.15) is 125 Å². The fourth-order valence-electron chi connectivity index (χ4n) is 3.37. The van der Waals surface area contributed by atoms with Crippen LogP contribution in [0.4, 0.5) is 0 Å². The molecule has 6 N–H and O–H groups in total. The topological polar surface area (TPSA) is 192 Å². The maximum Gasteiger partial charge on any atom is 0.494 e. The smallest absolute Gasteiger partial charge is 0.399 e. The van der Waals surface area contributed by atoms with Crippen molar-refractivity contribution in [3.05, 3.63) is 53.0 Å². The highest BCUT2D eigenvalue weighted by Crippen LogP contribution is 2.36. The first-order valence-corrected chi connectivity index (χ1v) is 21.7. The summed E-state index contributed by atoms with van der Waals surface area (Å²) in [6.07, 6.45) is 0. The minimum Gasteiger partial charge on any atom is -0.399 e. The quantitative estimate of drug-likeness (QED) is 0.209. The monoisotopic (exact) mass is 888 g/mol. The molecule has 1 saturated heterocycles. The SMILES string of the molecule is CC(C)(C)NS(=O)(=O)c1cccc(B2OC(C)(C)C(C)(C)O2)c1.CC(C)(C)NS(=O)(=O)c1cccc(Br)c1.CC(C)(O)C(C)(C)O.CC(C)(O)C(C)(C)O.[B][B]. The van der Waals surface area contributed by atoms with Crippen molar-refractivity contribution in [1.82, 2.24) is 9.44 Å². The zero-order valence-electron chi connectivity index (χ0n) is 36.8. The lowest BCUT2D eigenvalue weighted by Crippen LogP contribution is -2.44. The van der Waals surface area contributed by atoms with Gasteiger partial charge in [0.2, 0.25) is 20.0 Å². The van der Waals surface area contributed by atoms with Gasteiger partial charge < -0.3 is 29.7 Å². The Morgan fingerprint density at radius 2 is 0.857 bits per heavy atom. The van der Waals surface area contributed by atoms with Crippen molar-refractivity contribution in [2.75, 3.05) is 0 Å². The lowest BCUT2D eigenvalue weighted by atomic mass is 9.79. The lowest BCUT2D eigenvalue weighted by molar-refractivity contribution is -0.107. The zero-order chi connectivity index (χ0) is 45.4. The first kappa shape index (κ1) is 56.8. The number of sulfonamides is 2. The summed E-state index contributed by atoms with van der Waals surface area (Å²) >= 11 is 3.24. The van der Waals surface area contributed by atoms with Crippen molar-refractivity contribution in [3.63, 3.8) is 0 Å². The zero-order valence-corrected chi connectivity index (χ0v) is 40.0. The second kappa shape index (κ2) is 20.3. The summed E-state index contributed by atoms with van der Waals surface area (Å²) in [7, 11) is 0.412. The predicted molar refractivity (Wildman–Crippen MR) is 233 cm³/mol. The van der Waals surface area contributed by atoms with E-state index in [9.17, 15) is 16.8 Å². The molecule has 0 aromatic heterocycles. The van der Waals surface area contributed by atoms with Gasteiger partial charge in [0.25, 0.3) is 0 Å². The molecule has 0 atom stereocenters. The summed E-state index contributed by atoms with van der Waals surface area (Å²) in [5.74, 6) is 0. The molecule has 0 amide bonds. The van der Waals surface area contributed by atoms with Gasteiger partial charge in [-0.05, 0) is 160 Å². The number of hydrogen-bond acceptors (Lipinski definition) is 10. The Morgan fingerprint density at radius 1 is 0.571 bits per heavy atom. The van der Waals surface area contributed by atoms with Crippen LogP contribution in [0.3, 0.4) is 0 Å². The average Bonchev–Trinajstić information content (AvgIpc) is 3.17. The Balaban J connectivity index is 0. The van der Waals surface area contributed by atoms with Crippen LogP contribution < -0.4 is 14.9 Å². The van der Waals surface area contributed by atoms with Gasteiger partial charge in [-0.2, -0.15) is 0 Å². The molecular formula is C38H68B3BrN2O10S2. The Bertz CT molecular complexity index is 1670. The largest absolute Gasteiger partial charge is 0.494 e. The van der Waals surface area contributed by atoms with Gasteiger partial charge >= 0.3 is 7.12 Å². The minimum atomic E-state index is -3.59. The molecule has 1 aliphatic rings. The number of nitrogens with one attached hydrogen (secondary N) is 2. The summed E-state index contributed by atoms with van der Waals surface area (Å²) < 4.78 is 66.6. The van der Waals surface area contributed by atoms with Gasteiger partial charge in [-0.15, -0.1) is 0 Å². The molecule has 318 valence electrons.